The van der Waals surface area contributed by atoms with Gasteiger partial charge in [0, 0.05) is 43.3 Å². The Kier molecular flexibility index (Phi) is 6.63. The van der Waals surface area contributed by atoms with Crippen LogP contribution in [0.25, 0.3) is 11.3 Å². The largest absolute Gasteiger partial charge is 0.352 e. The lowest BCUT2D eigenvalue weighted by molar-refractivity contribution is -0.132. The molecule has 180 valence electrons. The number of carbonyl (C=O) groups is 2. The zero-order valence-electron chi connectivity index (χ0n) is 19.1. The maximum atomic E-state index is 13.6. The maximum Gasteiger partial charge on any atom is 0.254 e. The summed E-state index contributed by atoms with van der Waals surface area (Å²) in [5.74, 6) is -0.111. The number of nitrogens with zero attached hydrogens (tertiary/aromatic N) is 5. The van der Waals surface area contributed by atoms with Crippen molar-refractivity contribution in [2.45, 2.75) is 18.9 Å². The van der Waals surface area contributed by atoms with Gasteiger partial charge in [0.25, 0.3) is 5.91 Å². The summed E-state index contributed by atoms with van der Waals surface area (Å²) < 4.78 is 13.6. The number of amides is 2. The van der Waals surface area contributed by atoms with Crippen molar-refractivity contribution in [1.29, 1.82) is 0 Å². The standard InChI is InChI=1S/C26H25ClFN5O2/c27-22-7-2-1-6-21(22)23-10-11-24(30-29-23)31-12-14-32(15-13-31)25(34)17-33(20-8-9-20)26(35)18-4-3-5-19(28)16-18/h1-7,10-11,16,20H,8-9,12-15,17H2. The van der Waals surface area contributed by atoms with E-state index in [0.717, 1.165) is 24.2 Å². The minimum Gasteiger partial charge on any atom is -0.352 e. The Labute approximate surface area is 208 Å². The van der Waals surface area contributed by atoms with Crippen LogP contribution in [0, 0.1) is 5.82 Å². The van der Waals surface area contributed by atoms with Gasteiger partial charge in [-0.3, -0.25) is 9.59 Å². The fourth-order valence-corrected chi connectivity index (χ4v) is 4.51. The Morgan fingerprint density at radius 3 is 2.40 bits per heavy atom. The summed E-state index contributed by atoms with van der Waals surface area (Å²) in [6.07, 6.45) is 1.73. The van der Waals surface area contributed by atoms with E-state index in [1.807, 2.05) is 36.4 Å². The third-order valence-electron chi connectivity index (χ3n) is 6.38. The zero-order valence-corrected chi connectivity index (χ0v) is 19.9. The molecule has 0 unspecified atom stereocenters. The van der Waals surface area contributed by atoms with E-state index in [2.05, 4.69) is 15.1 Å². The van der Waals surface area contributed by atoms with E-state index in [4.69, 9.17) is 11.6 Å². The molecule has 7 nitrogen and oxygen atoms in total. The topological polar surface area (TPSA) is 69.6 Å². The summed E-state index contributed by atoms with van der Waals surface area (Å²) in [7, 11) is 0. The Morgan fingerprint density at radius 1 is 0.971 bits per heavy atom. The van der Waals surface area contributed by atoms with E-state index >= 15 is 0 Å². The van der Waals surface area contributed by atoms with Crippen molar-refractivity contribution in [2.24, 2.45) is 0 Å². The molecule has 0 spiro atoms. The molecule has 1 aliphatic heterocycles. The summed E-state index contributed by atoms with van der Waals surface area (Å²) in [6.45, 7) is 2.30. The zero-order chi connectivity index (χ0) is 24.4. The van der Waals surface area contributed by atoms with Crippen LogP contribution in [0.5, 0.6) is 0 Å². The molecular formula is C26H25ClFN5O2. The van der Waals surface area contributed by atoms with Gasteiger partial charge in [-0.05, 0) is 49.2 Å². The fraction of sp³-hybridized carbons (Fsp3) is 0.308. The summed E-state index contributed by atoms with van der Waals surface area (Å²) in [4.78, 5) is 31.4. The number of piperazine rings is 1. The van der Waals surface area contributed by atoms with E-state index in [9.17, 15) is 14.0 Å². The lowest BCUT2D eigenvalue weighted by Gasteiger charge is -2.36. The molecule has 35 heavy (non-hydrogen) atoms. The lowest BCUT2D eigenvalue weighted by atomic mass is 10.1. The Balaban J connectivity index is 1.19. The number of carbonyl (C=O) groups excluding carboxylic acids is 2. The molecule has 1 saturated carbocycles. The van der Waals surface area contributed by atoms with Gasteiger partial charge in [0.05, 0.1) is 10.7 Å². The highest BCUT2D eigenvalue weighted by Gasteiger charge is 2.35. The van der Waals surface area contributed by atoms with Crippen LogP contribution in [-0.4, -0.2) is 70.6 Å². The quantitative estimate of drug-likeness (QED) is 0.521. The van der Waals surface area contributed by atoms with Crippen molar-refractivity contribution in [3.63, 3.8) is 0 Å². The van der Waals surface area contributed by atoms with Gasteiger partial charge in [-0.15, -0.1) is 10.2 Å². The number of rotatable bonds is 6. The Hall–Kier alpha value is -3.52. The average molecular weight is 494 g/mol. The van der Waals surface area contributed by atoms with Crippen molar-refractivity contribution >= 4 is 29.2 Å². The molecule has 5 rings (SSSR count). The van der Waals surface area contributed by atoms with Gasteiger partial charge < -0.3 is 14.7 Å². The lowest BCUT2D eigenvalue weighted by Crippen LogP contribution is -2.52. The van der Waals surface area contributed by atoms with Crippen LogP contribution >= 0.6 is 11.6 Å². The first-order valence-corrected chi connectivity index (χ1v) is 12.1. The van der Waals surface area contributed by atoms with Gasteiger partial charge in [0.15, 0.2) is 5.82 Å². The first-order chi connectivity index (χ1) is 17.0. The number of hydrogen-bond acceptors (Lipinski definition) is 5. The second-order valence-electron chi connectivity index (χ2n) is 8.80. The second-order valence-corrected chi connectivity index (χ2v) is 9.21. The van der Waals surface area contributed by atoms with Gasteiger partial charge in [-0.25, -0.2) is 4.39 Å². The monoisotopic (exact) mass is 493 g/mol. The van der Waals surface area contributed by atoms with Crippen LogP contribution in [0.2, 0.25) is 5.02 Å². The summed E-state index contributed by atoms with van der Waals surface area (Å²) >= 11 is 6.26. The van der Waals surface area contributed by atoms with Crippen molar-refractivity contribution < 1.29 is 14.0 Å². The molecule has 0 atom stereocenters. The van der Waals surface area contributed by atoms with Crippen LogP contribution in [0.15, 0.2) is 60.7 Å². The number of benzene rings is 2. The molecule has 0 bridgehead atoms. The van der Waals surface area contributed by atoms with Crippen LogP contribution in [0.3, 0.4) is 0 Å². The van der Waals surface area contributed by atoms with Crippen molar-refractivity contribution in [3.05, 3.63) is 77.1 Å². The average Bonchev–Trinajstić information content (AvgIpc) is 3.73. The Morgan fingerprint density at radius 2 is 1.74 bits per heavy atom. The number of halogens is 2. The third kappa shape index (κ3) is 5.27. The van der Waals surface area contributed by atoms with Crippen LogP contribution in [-0.2, 0) is 4.79 Å². The molecule has 1 aliphatic carbocycles. The van der Waals surface area contributed by atoms with Crippen LogP contribution in [0.4, 0.5) is 10.2 Å². The first kappa shape index (κ1) is 23.2. The highest BCUT2D eigenvalue weighted by molar-refractivity contribution is 6.33. The van der Waals surface area contributed by atoms with E-state index in [-0.39, 0.29) is 30.0 Å². The van der Waals surface area contributed by atoms with Gasteiger partial charge >= 0.3 is 0 Å². The fourth-order valence-electron chi connectivity index (χ4n) is 4.28. The van der Waals surface area contributed by atoms with Gasteiger partial charge in [0.2, 0.25) is 5.91 Å². The third-order valence-corrected chi connectivity index (χ3v) is 6.71. The predicted octanol–water partition coefficient (Wildman–Crippen LogP) is 3.89. The van der Waals surface area contributed by atoms with E-state index < -0.39 is 5.82 Å². The van der Waals surface area contributed by atoms with Crippen LogP contribution < -0.4 is 4.90 Å². The SMILES string of the molecule is O=C(CN(C(=O)c1cccc(F)c1)C1CC1)N1CCN(c2ccc(-c3ccccc3Cl)nn2)CC1. The molecule has 0 N–H and O–H groups in total. The molecular weight excluding hydrogens is 469 g/mol. The highest BCUT2D eigenvalue weighted by atomic mass is 35.5. The molecule has 9 heteroatoms. The van der Waals surface area contributed by atoms with Crippen molar-refractivity contribution in [2.75, 3.05) is 37.6 Å². The summed E-state index contributed by atoms with van der Waals surface area (Å²) in [5.41, 5.74) is 1.81. The molecule has 0 radical (unpaired) electrons. The minimum atomic E-state index is -0.461. The molecule has 1 aromatic heterocycles. The van der Waals surface area contributed by atoms with E-state index in [1.165, 1.54) is 18.2 Å². The normalized spacial score (nSPS) is 15.7. The molecule has 1 saturated heterocycles. The molecule has 3 aromatic rings. The predicted molar refractivity (Wildman–Crippen MR) is 132 cm³/mol. The van der Waals surface area contributed by atoms with Crippen LogP contribution in [0.1, 0.15) is 23.2 Å². The number of aromatic nitrogens is 2. The maximum absolute atomic E-state index is 13.6. The minimum absolute atomic E-state index is 0.00630. The molecule has 2 amide bonds. The van der Waals surface area contributed by atoms with Gasteiger partial charge in [-0.2, -0.15) is 0 Å². The molecule has 2 fully saturated rings. The molecule has 2 heterocycles. The number of hydrogen-bond donors (Lipinski definition) is 0. The Bertz CT molecular complexity index is 1230. The second kappa shape index (κ2) is 10.00. The van der Waals surface area contributed by atoms with Crippen molar-refractivity contribution in [1.82, 2.24) is 20.0 Å². The van der Waals surface area contributed by atoms with Gasteiger partial charge in [0.1, 0.15) is 12.4 Å². The number of anilines is 1. The first-order valence-electron chi connectivity index (χ1n) is 11.7. The van der Waals surface area contributed by atoms with Gasteiger partial charge in [-0.1, -0.05) is 35.9 Å². The van der Waals surface area contributed by atoms with E-state index in [1.54, 1.807) is 15.9 Å². The molecule has 2 aliphatic rings. The highest BCUT2D eigenvalue weighted by Crippen LogP contribution is 2.29. The smallest absolute Gasteiger partial charge is 0.254 e. The molecule has 2 aromatic carbocycles. The summed E-state index contributed by atoms with van der Waals surface area (Å²) in [5, 5.41) is 9.32. The summed E-state index contributed by atoms with van der Waals surface area (Å²) in [6, 6.07) is 17.0. The van der Waals surface area contributed by atoms with E-state index in [0.29, 0.717) is 36.9 Å². The van der Waals surface area contributed by atoms with Crippen molar-refractivity contribution in [3.8, 4) is 11.3 Å².